The quantitative estimate of drug-likeness (QED) is 0.800. The van der Waals surface area contributed by atoms with Gasteiger partial charge in [-0.3, -0.25) is 9.69 Å². The van der Waals surface area contributed by atoms with E-state index in [4.69, 9.17) is 20.9 Å². The Hall–Kier alpha value is -1.92. The second-order valence-electron chi connectivity index (χ2n) is 5.61. The van der Waals surface area contributed by atoms with Gasteiger partial charge in [0, 0.05) is 17.1 Å². The molecule has 0 spiro atoms. The van der Waals surface area contributed by atoms with Crippen LogP contribution in [0.4, 0.5) is 0 Å². The highest BCUT2D eigenvalue weighted by Gasteiger charge is 2.27. The lowest BCUT2D eigenvalue weighted by Crippen LogP contribution is -2.38. The predicted molar refractivity (Wildman–Crippen MR) is 85.2 cm³/mol. The maximum Gasteiger partial charge on any atom is 0.319 e. The number of rotatable bonds is 4. The van der Waals surface area contributed by atoms with Crippen molar-refractivity contribution in [2.45, 2.75) is 18.8 Å². The third-order valence-corrected chi connectivity index (χ3v) is 4.23. The minimum absolute atomic E-state index is 0.141. The van der Waals surface area contributed by atoms with Crippen LogP contribution in [0.2, 0.25) is 5.02 Å². The Morgan fingerprint density at radius 1 is 1.43 bits per heavy atom. The summed E-state index contributed by atoms with van der Waals surface area (Å²) in [6.45, 7) is 1.90. The first-order valence-electron chi connectivity index (χ1n) is 7.54. The zero-order chi connectivity index (χ0) is 16.2. The highest BCUT2D eigenvalue weighted by Crippen LogP contribution is 2.27. The van der Waals surface area contributed by atoms with Crippen molar-refractivity contribution < 1.29 is 14.1 Å². The Labute approximate surface area is 139 Å². The number of likely N-dealkylation sites (tertiary alicyclic amines) is 1. The van der Waals surface area contributed by atoms with E-state index in [1.165, 1.54) is 7.11 Å². The monoisotopic (exact) mass is 335 g/mol. The molecule has 1 saturated heterocycles. The third kappa shape index (κ3) is 3.89. The average molecular weight is 336 g/mol. The van der Waals surface area contributed by atoms with Gasteiger partial charge in [0.25, 0.3) is 0 Å². The van der Waals surface area contributed by atoms with Crippen LogP contribution in [0.15, 0.2) is 28.8 Å². The molecule has 0 N–H and O–H groups in total. The predicted octanol–water partition coefficient (Wildman–Crippen LogP) is 2.74. The van der Waals surface area contributed by atoms with E-state index >= 15 is 0 Å². The van der Waals surface area contributed by atoms with Crippen LogP contribution in [-0.4, -0.2) is 47.8 Å². The van der Waals surface area contributed by atoms with Gasteiger partial charge in [0.15, 0.2) is 0 Å². The topological polar surface area (TPSA) is 68.5 Å². The van der Waals surface area contributed by atoms with Crippen LogP contribution in [0.1, 0.15) is 24.7 Å². The fraction of sp³-hybridized carbons (Fsp3) is 0.438. The molecule has 1 aliphatic rings. The van der Waals surface area contributed by atoms with E-state index in [1.54, 1.807) is 12.1 Å². The lowest BCUT2D eigenvalue weighted by molar-refractivity contribution is -0.142. The molecule has 7 heteroatoms. The van der Waals surface area contributed by atoms with Crippen LogP contribution in [0.5, 0.6) is 0 Å². The number of ether oxygens (including phenoxy) is 1. The van der Waals surface area contributed by atoms with Gasteiger partial charge in [0.1, 0.15) is 0 Å². The molecule has 0 bridgehead atoms. The first-order chi connectivity index (χ1) is 11.2. The summed E-state index contributed by atoms with van der Waals surface area (Å²) in [6, 6.07) is 7.32. The van der Waals surface area contributed by atoms with E-state index in [0.717, 1.165) is 31.5 Å². The van der Waals surface area contributed by atoms with E-state index in [2.05, 4.69) is 15.0 Å². The van der Waals surface area contributed by atoms with Gasteiger partial charge in [-0.1, -0.05) is 16.8 Å². The zero-order valence-electron chi connectivity index (χ0n) is 12.9. The minimum Gasteiger partial charge on any atom is -0.468 e. The van der Waals surface area contributed by atoms with Crippen molar-refractivity contribution >= 4 is 17.6 Å². The van der Waals surface area contributed by atoms with Gasteiger partial charge in [-0.25, -0.2) is 0 Å². The molecule has 122 valence electrons. The van der Waals surface area contributed by atoms with Crippen LogP contribution >= 0.6 is 11.6 Å². The minimum atomic E-state index is -0.224. The molecular weight excluding hydrogens is 318 g/mol. The number of hydrogen-bond donors (Lipinski definition) is 0. The van der Waals surface area contributed by atoms with Gasteiger partial charge in [0.05, 0.1) is 19.6 Å². The summed E-state index contributed by atoms with van der Waals surface area (Å²) in [7, 11) is 1.40. The first kappa shape index (κ1) is 16.0. The molecule has 0 saturated carbocycles. The van der Waals surface area contributed by atoms with Gasteiger partial charge >= 0.3 is 5.97 Å². The number of halogens is 1. The molecule has 1 atom stereocenters. The van der Waals surface area contributed by atoms with E-state index in [1.807, 2.05) is 12.1 Å². The Kier molecular flexibility index (Phi) is 4.93. The maximum atomic E-state index is 11.4. The largest absolute Gasteiger partial charge is 0.468 e. The van der Waals surface area contributed by atoms with Gasteiger partial charge in [-0.2, -0.15) is 4.98 Å². The summed E-state index contributed by atoms with van der Waals surface area (Å²) in [5.74, 6) is 1.09. The fourth-order valence-corrected chi connectivity index (χ4v) is 2.89. The third-order valence-electron chi connectivity index (χ3n) is 3.98. The lowest BCUT2D eigenvalue weighted by atomic mass is 9.98. The summed E-state index contributed by atoms with van der Waals surface area (Å²) < 4.78 is 10.2. The number of aromatic nitrogens is 2. The number of carbonyl (C=O) groups excluding carboxylic acids is 1. The van der Waals surface area contributed by atoms with Crippen LogP contribution in [0, 0.1) is 0 Å². The highest BCUT2D eigenvalue weighted by molar-refractivity contribution is 6.30. The number of esters is 1. The van der Waals surface area contributed by atoms with Gasteiger partial charge in [0.2, 0.25) is 11.7 Å². The second-order valence-corrected chi connectivity index (χ2v) is 6.05. The average Bonchev–Trinajstić information content (AvgIpc) is 3.06. The lowest BCUT2D eigenvalue weighted by Gasteiger charge is -2.29. The molecule has 1 fully saturated rings. The smallest absolute Gasteiger partial charge is 0.319 e. The van der Waals surface area contributed by atoms with Crippen molar-refractivity contribution in [3.05, 3.63) is 35.2 Å². The highest BCUT2D eigenvalue weighted by atomic mass is 35.5. The summed E-state index contributed by atoms with van der Waals surface area (Å²) >= 11 is 5.89. The molecule has 1 aliphatic heterocycles. The number of benzene rings is 1. The molecule has 1 aromatic heterocycles. The summed E-state index contributed by atoms with van der Waals surface area (Å²) in [5.41, 5.74) is 0.867. The molecule has 6 nitrogen and oxygen atoms in total. The number of hydrogen-bond acceptors (Lipinski definition) is 6. The molecule has 23 heavy (non-hydrogen) atoms. The van der Waals surface area contributed by atoms with Crippen molar-refractivity contribution in [2.75, 3.05) is 26.7 Å². The number of nitrogens with zero attached hydrogens (tertiary/aromatic N) is 3. The number of piperidine rings is 1. The Balaban J connectivity index is 1.69. The normalized spacial score (nSPS) is 18.8. The molecule has 0 aliphatic carbocycles. The SMILES string of the molecule is COC(=O)CN1CCCC(c2nc(-c3ccc(Cl)cc3)no2)C1. The van der Waals surface area contributed by atoms with Gasteiger partial charge in [-0.05, 0) is 43.7 Å². The molecule has 3 rings (SSSR count). The molecule has 2 aromatic rings. The van der Waals surface area contributed by atoms with E-state index in [9.17, 15) is 4.79 Å². The van der Waals surface area contributed by atoms with E-state index in [-0.39, 0.29) is 11.9 Å². The van der Waals surface area contributed by atoms with Gasteiger partial charge < -0.3 is 9.26 Å². The standard InChI is InChI=1S/C16H18ClN3O3/c1-22-14(21)10-20-8-2-3-12(9-20)16-18-15(19-23-16)11-4-6-13(17)7-5-11/h4-7,12H,2-3,8-10H2,1H3. The molecular formula is C16H18ClN3O3. The van der Waals surface area contributed by atoms with Crippen molar-refractivity contribution in [3.63, 3.8) is 0 Å². The molecule has 0 radical (unpaired) electrons. The van der Waals surface area contributed by atoms with Crippen LogP contribution in [0.25, 0.3) is 11.4 Å². The second kappa shape index (κ2) is 7.10. The first-order valence-corrected chi connectivity index (χ1v) is 7.92. The Morgan fingerprint density at radius 2 is 2.22 bits per heavy atom. The van der Waals surface area contributed by atoms with Crippen molar-refractivity contribution in [2.24, 2.45) is 0 Å². The maximum absolute atomic E-state index is 11.4. The van der Waals surface area contributed by atoms with Gasteiger partial charge in [-0.15, -0.1) is 0 Å². The Morgan fingerprint density at radius 3 is 2.96 bits per heavy atom. The van der Waals surface area contributed by atoms with Crippen molar-refractivity contribution in [1.82, 2.24) is 15.0 Å². The van der Waals surface area contributed by atoms with E-state index < -0.39 is 0 Å². The number of carbonyl (C=O) groups is 1. The van der Waals surface area contributed by atoms with E-state index in [0.29, 0.717) is 23.3 Å². The molecule has 1 unspecified atom stereocenters. The van der Waals surface area contributed by atoms with Crippen molar-refractivity contribution in [1.29, 1.82) is 0 Å². The van der Waals surface area contributed by atoms with Crippen LogP contribution in [0.3, 0.4) is 0 Å². The summed E-state index contributed by atoms with van der Waals surface area (Å²) in [5, 5.41) is 4.72. The van der Waals surface area contributed by atoms with Crippen LogP contribution in [-0.2, 0) is 9.53 Å². The molecule has 2 heterocycles. The summed E-state index contributed by atoms with van der Waals surface area (Å²) in [4.78, 5) is 18.0. The fourth-order valence-electron chi connectivity index (χ4n) is 2.77. The Bertz CT molecular complexity index is 671. The van der Waals surface area contributed by atoms with Crippen molar-refractivity contribution in [3.8, 4) is 11.4 Å². The molecule has 0 amide bonds. The summed E-state index contributed by atoms with van der Waals surface area (Å²) in [6.07, 6.45) is 1.96. The molecule has 1 aromatic carbocycles. The van der Waals surface area contributed by atoms with Crippen LogP contribution < -0.4 is 0 Å². The zero-order valence-corrected chi connectivity index (χ0v) is 13.6. The number of methoxy groups -OCH3 is 1.